The molecule has 4 aromatic rings. The van der Waals surface area contributed by atoms with Crippen molar-refractivity contribution in [3.8, 4) is 22.9 Å². The average molecular weight is 402 g/mol. The summed E-state index contributed by atoms with van der Waals surface area (Å²) in [6, 6.07) is 21.6. The van der Waals surface area contributed by atoms with E-state index in [2.05, 4.69) is 16.0 Å². The van der Waals surface area contributed by atoms with Crippen molar-refractivity contribution in [3.05, 3.63) is 71.0 Å². The number of hydrogen-bond donors (Lipinski definition) is 1. The molecule has 4 rings (SSSR count). The van der Waals surface area contributed by atoms with Crippen LogP contribution in [0.3, 0.4) is 0 Å². The highest BCUT2D eigenvalue weighted by Crippen LogP contribution is 2.38. The maximum absolute atomic E-state index is 9.89. The van der Waals surface area contributed by atoms with Crippen molar-refractivity contribution < 1.29 is 0 Å². The first kappa shape index (κ1) is 18.2. The van der Waals surface area contributed by atoms with Crippen LogP contribution < -0.4 is 5.73 Å². The highest BCUT2D eigenvalue weighted by Gasteiger charge is 2.21. The molecule has 0 radical (unpaired) electrons. The number of aromatic nitrogens is 3. The maximum Gasteiger partial charge on any atom is 0.207 e. The van der Waals surface area contributed by atoms with Crippen molar-refractivity contribution in [2.45, 2.75) is 5.03 Å². The van der Waals surface area contributed by atoms with Gasteiger partial charge in [0.15, 0.2) is 5.65 Å². The number of thioether (sulfide) groups is 1. The fourth-order valence-corrected chi connectivity index (χ4v) is 4.02. The van der Waals surface area contributed by atoms with Gasteiger partial charge in [-0.25, -0.2) is 4.98 Å². The van der Waals surface area contributed by atoms with E-state index in [1.807, 2.05) is 66.9 Å². The van der Waals surface area contributed by atoms with Gasteiger partial charge in [-0.15, -0.1) is 11.8 Å². The fourth-order valence-electron chi connectivity index (χ4n) is 3.20. The van der Waals surface area contributed by atoms with Crippen molar-refractivity contribution in [2.24, 2.45) is 0 Å². The number of benzene rings is 2. The van der Waals surface area contributed by atoms with Gasteiger partial charge in [-0.2, -0.15) is 10.2 Å². The Kier molecular flexibility index (Phi) is 4.82. The average Bonchev–Trinajstić information content (AvgIpc) is 2.73. The van der Waals surface area contributed by atoms with Crippen LogP contribution in [0.5, 0.6) is 0 Å². The van der Waals surface area contributed by atoms with Crippen LogP contribution in [0.25, 0.3) is 27.8 Å². The lowest BCUT2D eigenvalue weighted by atomic mass is 9.98. The predicted octanol–water partition coefficient (Wildman–Crippen LogP) is 4.99. The zero-order valence-corrected chi connectivity index (χ0v) is 16.6. The minimum Gasteiger partial charge on any atom is -0.384 e. The van der Waals surface area contributed by atoms with Crippen molar-refractivity contribution in [1.29, 1.82) is 5.26 Å². The molecule has 28 heavy (non-hydrogen) atoms. The summed E-state index contributed by atoms with van der Waals surface area (Å²) in [6.45, 7) is 0. The van der Waals surface area contributed by atoms with E-state index in [1.54, 1.807) is 4.57 Å². The van der Waals surface area contributed by atoms with E-state index in [-0.39, 0.29) is 0 Å². The lowest BCUT2D eigenvalue weighted by Crippen LogP contribution is -2.10. The van der Waals surface area contributed by atoms with Gasteiger partial charge in [0, 0.05) is 11.3 Å². The number of nitrogens with zero attached hydrogens (tertiary/aromatic N) is 4. The van der Waals surface area contributed by atoms with Crippen molar-refractivity contribution in [1.82, 2.24) is 14.5 Å². The Morgan fingerprint density at radius 3 is 2.29 bits per heavy atom. The summed E-state index contributed by atoms with van der Waals surface area (Å²) in [5.41, 5.74) is 9.95. The molecule has 5 nitrogen and oxygen atoms in total. The molecule has 136 valence electrons. The van der Waals surface area contributed by atoms with Crippen LogP contribution in [-0.2, 0) is 0 Å². The number of nitrogen functional groups attached to an aromatic ring is 1. The Bertz CT molecular complexity index is 1280. The van der Waals surface area contributed by atoms with E-state index in [4.69, 9.17) is 18.0 Å². The van der Waals surface area contributed by atoms with Crippen LogP contribution in [-0.4, -0.2) is 20.8 Å². The van der Waals surface area contributed by atoms with Crippen LogP contribution in [0.15, 0.2) is 65.7 Å². The Hall–Kier alpha value is -3.21. The van der Waals surface area contributed by atoms with Crippen LogP contribution in [0.2, 0.25) is 0 Å². The molecule has 0 aliphatic carbocycles. The smallest absolute Gasteiger partial charge is 0.207 e. The van der Waals surface area contributed by atoms with Gasteiger partial charge in [0.05, 0.1) is 10.9 Å². The molecule has 0 saturated carbocycles. The first-order chi connectivity index (χ1) is 13.7. The summed E-state index contributed by atoms with van der Waals surface area (Å²) >= 11 is 6.91. The van der Waals surface area contributed by atoms with E-state index in [0.717, 1.165) is 16.8 Å². The second-order valence-electron chi connectivity index (χ2n) is 6.00. The van der Waals surface area contributed by atoms with Crippen LogP contribution >= 0.6 is 24.0 Å². The largest absolute Gasteiger partial charge is 0.384 e. The van der Waals surface area contributed by atoms with Gasteiger partial charge in [0.1, 0.15) is 16.9 Å². The molecule has 0 unspecified atom stereocenters. The summed E-state index contributed by atoms with van der Waals surface area (Å²) in [7, 11) is 0. The molecule has 0 aliphatic rings. The number of fused-ring (bicyclic) bond motifs is 1. The van der Waals surface area contributed by atoms with Gasteiger partial charge >= 0.3 is 0 Å². The van der Waals surface area contributed by atoms with E-state index >= 15 is 0 Å². The zero-order chi connectivity index (χ0) is 19.7. The first-order valence-electron chi connectivity index (χ1n) is 8.47. The van der Waals surface area contributed by atoms with E-state index in [1.165, 1.54) is 11.8 Å². The van der Waals surface area contributed by atoms with Crippen molar-refractivity contribution in [3.63, 3.8) is 0 Å². The van der Waals surface area contributed by atoms with E-state index in [9.17, 15) is 5.26 Å². The highest BCUT2D eigenvalue weighted by molar-refractivity contribution is 7.98. The molecule has 7 heteroatoms. The monoisotopic (exact) mass is 401 g/mol. The van der Waals surface area contributed by atoms with Gasteiger partial charge in [-0.3, -0.25) is 4.57 Å². The number of nitriles is 1. The normalized spacial score (nSPS) is 10.7. The van der Waals surface area contributed by atoms with Crippen molar-refractivity contribution in [2.75, 3.05) is 12.0 Å². The van der Waals surface area contributed by atoms with Crippen LogP contribution in [0.4, 0.5) is 5.82 Å². The van der Waals surface area contributed by atoms with Crippen LogP contribution in [0, 0.1) is 16.1 Å². The Balaban J connectivity index is 2.21. The molecule has 0 bridgehead atoms. The summed E-state index contributed by atoms with van der Waals surface area (Å²) in [5, 5.41) is 11.1. The third-order valence-corrected chi connectivity index (χ3v) is 5.37. The van der Waals surface area contributed by atoms with Gasteiger partial charge in [-0.1, -0.05) is 48.5 Å². The van der Waals surface area contributed by atoms with Gasteiger partial charge in [-0.05, 0) is 36.2 Å². The Morgan fingerprint density at radius 1 is 1.04 bits per heavy atom. The summed E-state index contributed by atoms with van der Waals surface area (Å²) in [4.78, 5) is 9.12. The highest BCUT2D eigenvalue weighted by atomic mass is 32.2. The summed E-state index contributed by atoms with van der Waals surface area (Å²) < 4.78 is 2.03. The number of para-hydroxylation sites is 1. The molecule has 0 aliphatic heterocycles. The fraction of sp³-hybridized carbons (Fsp3) is 0.0476. The number of anilines is 1. The molecule has 2 N–H and O–H groups in total. The minimum absolute atomic E-state index is 0.319. The molecule has 0 amide bonds. The lowest BCUT2D eigenvalue weighted by molar-refractivity contribution is 0.977. The molecular weight excluding hydrogens is 386 g/mol. The summed E-state index contributed by atoms with van der Waals surface area (Å²) in [6.07, 6.45) is 1.88. The molecule has 0 atom stereocenters. The zero-order valence-electron chi connectivity index (χ0n) is 15.0. The minimum atomic E-state index is 0.319. The Labute approximate surface area is 171 Å². The molecule has 2 aromatic carbocycles. The van der Waals surface area contributed by atoms with Gasteiger partial charge in [0.25, 0.3) is 0 Å². The van der Waals surface area contributed by atoms with E-state index in [0.29, 0.717) is 32.2 Å². The van der Waals surface area contributed by atoms with E-state index < -0.39 is 0 Å². The first-order valence-corrected chi connectivity index (χ1v) is 10.1. The Morgan fingerprint density at radius 2 is 1.68 bits per heavy atom. The summed E-state index contributed by atoms with van der Waals surface area (Å²) in [5.74, 6) is 0.414. The number of hydrogen-bond acceptors (Lipinski definition) is 6. The number of nitrogens with two attached hydrogens (primary N) is 1. The molecule has 2 heterocycles. The molecule has 0 spiro atoms. The maximum atomic E-state index is 9.89. The predicted molar refractivity (Wildman–Crippen MR) is 116 cm³/mol. The SMILES string of the molecule is CSc1nc2nc(=S)n(-c3ccccc3)c(N)c2c(-c2ccccc2)c1C#N. The molecule has 2 aromatic heterocycles. The molecule has 0 saturated heterocycles. The second-order valence-corrected chi connectivity index (χ2v) is 7.16. The third-order valence-electron chi connectivity index (χ3n) is 4.42. The van der Waals surface area contributed by atoms with Crippen LogP contribution in [0.1, 0.15) is 5.56 Å². The third kappa shape index (κ3) is 2.93. The topological polar surface area (TPSA) is 80.5 Å². The number of rotatable bonds is 3. The standard InChI is InChI=1S/C21H15N5S2/c1-28-20-15(12-22)16(13-8-4-2-5-9-13)17-18(23)26(14-10-6-3-7-11-14)21(27)25-19(17)24-20/h2-11H,23H2,1H3. The molecular formula is C21H15N5S2. The lowest BCUT2D eigenvalue weighted by Gasteiger charge is -2.17. The van der Waals surface area contributed by atoms with Crippen molar-refractivity contribution >= 4 is 40.8 Å². The number of pyridine rings is 1. The van der Waals surface area contributed by atoms with Gasteiger partial charge < -0.3 is 5.73 Å². The quantitative estimate of drug-likeness (QED) is 0.385. The molecule has 0 fully saturated rings. The second kappa shape index (κ2) is 7.43. The van der Waals surface area contributed by atoms with Gasteiger partial charge in [0.2, 0.25) is 4.77 Å².